The maximum Gasteiger partial charge on any atom is 0.150 e. The van der Waals surface area contributed by atoms with Crippen LogP contribution in [0, 0.1) is 0 Å². The molecule has 0 aromatic carbocycles. The summed E-state index contributed by atoms with van der Waals surface area (Å²) >= 11 is 0. The van der Waals surface area contributed by atoms with Gasteiger partial charge in [-0.3, -0.25) is 9.97 Å². The van der Waals surface area contributed by atoms with Crippen LogP contribution in [-0.4, -0.2) is 15.1 Å². The molecule has 0 aliphatic heterocycles. The zero-order valence-electron chi connectivity index (χ0n) is 8.42. The molecule has 0 spiro atoms. The van der Waals surface area contributed by atoms with Gasteiger partial charge in [0.05, 0.1) is 18.4 Å². The van der Waals surface area contributed by atoms with Gasteiger partial charge in [0.1, 0.15) is 5.76 Å². The Hall–Kier alpha value is -1.75. The minimum Gasteiger partial charge on any atom is -0.360 e. The molecule has 1 atom stereocenters. The molecule has 0 aliphatic carbocycles. The number of nitrogens with one attached hydrogen (secondary N) is 1. The summed E-state index contributed by atoms with van der Waals surface area (Å²) in [7, 11) is 0. The Bertz CT molecular complexity index is 387. The van der Waals surface area contributed by atoms with Gasteiger partial charge in [0.15, 0.2) is 0 Å². The number of aromatic nitrogens is 3. The average Bonchev–Trinajstić information content (AvgIpc) is 2.80. The molecule has 2 heterocycles. The molecule has 0 aliphatic rings. The van der Waals surface area contributed by atoms with Gasteiger partial charge in [0, 0.05) is 30.7 Å². The summed E-state index contributed by atoms with van der Waals surface area (Å²) in [6.45, 7) is 2.66. The summed E-state index contributed by atoms with van der Waals surface area (Å²) < 4.78 is 4.97. The maximum absolute atomic E-state index is 4.97. The standard InChI is InChI=1S/C10H12N4O/c1-8(10-7-11-4-5-12-10)13-6-9-2-3-14-15-9/h2-5,7-8,13H,6H2,1H3. The molecule has 0 amide bonds. The van der Waals surface area contributed by atoms with E-state index in [9.17, 15) is 0 Å². The zero-order valence-corrected chi connectivity index (χ0v) is 8.42. The molecule has 2 rings (SSSR count). The second-order valence-electron chi connectivity index (χ2n) is 3.21. The van der Waals surface area contributed by atoms with Crippen molar-refractivity contribution in [2.75, 3.05) is 0 Å². The second-order valence-corrected chi connectivity index (χ2v) is 3.21. The van der Waals surface area contributed by atoms with Crippen LogP contribution in [0.1, 0.15) is 24.4 Å². The third-order valence-electron chi connectivity index (χ3n) is 2.10. The van der Waals surface area contributed by atoms with Crippen molar-refractivity contribution >= 4 is 0 Å². The van der Waals surface area contributed by atoms with E-state index >= 15 is 0 Å². The molecule has 5 heteroatoms. The second kappa shape index (κ2) is 4.65. The average molecular weight is 204 g/mol. The first-order valence-electron chi connectivity index (χ1n) is 4.75. The van der Waals surface area contributed by atoms with E-state index in [4.69, 9.17) is 4.52 Å². The van der Waals surface area contributed by atoms with Crippen LogP contribution < -0.4 is 5.32 Å². The highest BCUT2D eigenvalue weighted by Crippen LogP contribution is 2.07. The van der Waals surface area contributed by atoms with E-state index in [1.54, 1.807) is 24.8 Å². The zero-order chi connectivity index (χ0) is 10.5. The summed E-state index contributed by atoms with van der Waals surface area (Å²) in [6.07, 6.45) is 6.72. The predicted molar refractivity (Wildman–Crippen MR) is 53.8 cm³/mol. The van der Waals surface area contributed by atoms with Crippen molar-refractivity contribution in [1.29, 1.82) is 0 Å². The van der Waals surface area contributed by atoms with Gasteiger partial charge in [-0.15, -0.1) is 0 Å². The van der Waals surface area contributed by atoms with E-state index in [1.807, 2.05) is 13.0 Å². The molecule has 1 unspecified atom stereocenters. The molecular weight excluding hydrogens is 192 g/mol. The van der Waals surface area contributed by atoms with Crippen LogP contribution in [0.2, 0.25) is 0 Å². The van der Waals surface area contributed by atoms with Gasteiger partial charge in [-0.05, 0) is 6.92 Å². The first kappa shape index (κ1) is 9.79. The molecule has 0 radical (unpaired) electrons. The SMILES string of the molecule is CC(NCc1ccno1)c1cnccn1. The molecule has 1 N–H and O–H groups in total. The Morgan fingerprint density at radius 3 is 3.00 bits per heavy atom. The lowest BCUT2D eigenvalue weighted by Crippen LogP contribution is -2.18. The quantitative estimate of drug-likeness (QED) is 0.813. The number of rotatable bonds is 4. The number of hydrogen-bond acceptors (Lipinski definition) is 5. The van der Waals surface area contributed by atoms with Crippen molar-refractivity contribution in [3.05, 3.63) is 42.3 Å². The first-order chi connectivity index (χ1) is 7.36. The van der Waals surface area contributed by atoms with Crippen molar-refractivity contribution in [2.45, 2.75) is 19.5 Å². The number of hydrogen-bond donors (Lipinski definition) is 1. The minimum absolute atomic E-state index is 0.142. The summed E-state index contributed by atoms with van der Waals surface area (Å²) in [5, 5.41) is 6.89. The maximum atomic E-state index is 4.97. The van der Waals surface area contributed by atoms with E-state index in [0.717, 1.165) is 11.5 Å². The molecule has 0 saturated carbocycles. The van der Waals surface area contributed by atoms with Crippen LogP contribution in [-0.2, 0) is 6.54 Å². The van der Waals surface area contributed by atoms with Gasteiger partial charge < -0.3 is 9.84 Å². The molecule has 0 bridgehead atoms. The molecule has 5 nitrogen and oxygen atoms in total. The van der Waals surface area contributed by atoms with E-state index < -0.39 is 0 Å². The lowest BCUT2D eigenvalue weighted by Gasteiger charge is -2.10. The van der Waals surface area contributed by atoms with Crippen molar-refractivity contribution in [3.63, 3.8) is 0 Å². The molecule has 0 fully saturated rings. The summed E-state index contributed by atoms with van der Waals surface area (Å²) in [5.74, 6) is 0.811. The molecule has 15 heavy (non-hydrogen) atoms. The van der Waals surface area contributed by atoms with Gasteiger partial charge >= 0.3 is 0 Å². The topological polar surface area (TPSA) is 63.8 Å². The summed E-state index contributed by atoms with van der Waals surface area (Å²) in [4.78, 5) is 8.22. The number of nitrogens with zero attached hydrogens (tertiary/aromatic N) is 3. The fraction of sp³-hybridized carbons (Fsp3) is 0.300. The monoisotopic (exact) mass is 204 g/mol. The Morgan fingerprint density at radius 1 is 1.40 bits per heavy atom. The Kier molecular flexibility index (Phi) is 3.04. The van der Waals surface area contributed by atoms with Crippen LogP contribution >= 0.6 is 0 Å². The van der Waals surface area contributed by atoms with Gasteiger partial charge in [0.2, 0.25) is 0 Å². The molecular formula is C10H12N4O. The Labute approximate surface area is 87.5 Å². The fourth-order valence-corrected chi connectivity index (χ4v) is 1.23. The Balaban J connectivity index is 1.90. The highest BCUT2D eigenvalue weighted by Gasteiger charge is 2.06. The van der Waals surface area contributed by atoms with Crippen LogP contribution in [0.3, 0.4) is 0 Å². The van der Waals surface area contributed by atoms with E-state index in [2.05, 4.69) is 20.4 Å². The lowest BCUT2D eigenvalue weighted by atomic mass is 10.2. The fourth-order valence-electron chi connectivity index (χ4n) is 1.23. The van der Waals surface area contributed by atoms with Gasteiger partial charge in [0.25, 0.3) is 0 Å². The van der Waals surface area contributed by atoms with Crippen molar-refractivity contribution in [2.24, 2.45) is 0 Å². The van der Waals surface area contributed by atoms with Gasteiger partial charge in [-0.2, -0.15) is 0 Å². The van der Waals surface area contributed by atoms with Crippen LogP contribution in [0.15, 0.2) is 35.4 Å². The molecule has 0 saturated heterocycles. The molecule has 2 aromatic rings. The third-order valence-corrected chi connectivity index (χ3v) is 2.10. The molecule has 78 valence electrons. The Morgan fingerprint density at radius 2 is 2.33 bits per heavy atom. The highest BCUT2D eigenvalue weighted by molar-refractivity contribution is 5.01. The van der Waals surface area contributed by atoms with Crippen molar-refractivity contribution < 1.29 is 4.52 Å². The minimum atomic E-state index is 0.142. The first-order valence-corrected chi connectivity index (χ1v) is 4.75. The van der Waals surface area contributed by atoms with Crippen molar-refractivity contribution in [3.8, 4) is 0 Å². The van der Waals surface area contributed by atoms with E-state index in [-0.39, 0.29) is 6.04 Å². The summed E-state index contributed by atoms with van der Waals surface area (Å²) in [5.41, 5.74) is 0.914. The summed E-state index contributed by atoms with van der Waals surface area (Å²) in [6, 6.07) is 1.97. The van der Waals surface area contributed by atoms with Gasteiger partial charge in [-0.1, -0.05) is 5.16 Å². The smallest absolute Gasteiger partial charge is 0.150 e. The van der Waals surface area contributed by atoms with E-state index in [1.165, 1.54) is 0 Å². The highest BCUT2D eigenvalue weighted by atomic mass is 16.5. The molecule has 2 aromatic heterocycles. The predicted octanol–water partition coefficient (Wildman–Crippen LogP) is 1.32. The normalized spacial score (nSPS) is 12.6. The van der Waals surface area contributed by atoms with Crippen LogP contribution in [0.5, 0.6) is 0 Å². The van der Waals surface area contributed by atoms with Gasteiger partial charge in [-0.25, -0.2) is 0 Å². The third kappa shape index (κ3) is 2.60. The van der Waals surface area contributed by atoms with Crippen molar-refractivity contribution in [1.82, 2.24) is 20.4 Å². The van der Waals surface area contributed by atoms with Crippen LogP contribution in [0.4, 0.5) is 0 Å². The largest absolute Gasteiger partial charge is 0.360 e. The van der Waals surface area contributed by atoms with E-state index in [0.29, 0.717) is 6.54 Å². The lowest BCUT2D eigenvalue weighted by molar-refractivity contribution is 0.365. The van der Waals surface area contributed by atoms with Crippen LogP contribution in [0.25, 0.3) is 0 Å².